The average Bonchev–Trinajstić information content (AvgIpc) is 2.69. The van der Waals surface area contributed by atoms with Crippen molar-refractivity contribution in [3.8, 4) is 0 Å². The molecule has 0 aliphatic carbocycles. The molecule has 0 bridgehead atoms. The summed E-state index contributed by atoms with van der Waals surface area (Å²) in [5, 5.41) is 3.90. The van der Waals surface area contributed by atoms with Crippen molar-refractivity contribution in [2.45, 2.75) is 45.3 Å². The van der Waals surface area contributed by atoms with Crippen molar-refractivity contribution in [3.63, 3.8) is 0 Å². The van der Waals surface area contributed by atoms with Gasteiger partial charge in [-0.2, -0.15) is 0 Å². The lowest BCUT2D eigenvalue weighted by atomic mass is 10.0. The van der Waals surface area contributed by atoms with Crippen molar-refractivity contribution in [3.05, 3.63) is 17.5 Å². The van der Waals surface area contributed by atoms with E-state index in [9.17, 15) is 0 Å². The lowest BCUT2D eigenvalue weighted by Gasteiger charge is -2.32. The molecule has 1 atom stereocenters. The second kappa shape index (κ2) is 4.77. The Hall–Kier alpha value is -0.870. The quantitative estimate of drug-likeness (QED) is 0.819. The Bertz CT molecular complexity index is 311. The van der Waals surface area contributed by atoms with Crippen molar-refractivity contribution in [2.24, 2.45) is 5.73 Å². The Morgan fingerprint density at radius 2 is 2.47 bits per heavy atom. The van der Waals surface area contributed by atoms with Crippen molar-refractivity contribution < 1.29 is 4.52 Å². The number of hydrogen-bond acceptors (Lipinski definition) is 4. The molecule has 1 aliphatic heterocycles. The zero-order valence-corrected chi connectivity index (χ0v) is 9.28. The largest absolute Gasteiger partial charge is 0.360 e. The molecule has 1 saturated heterocycles. The van der Waals surface area contributed by atoms with Gasteiger partial charge in [0.15, 0.2) is 5.76 Å². The molecule has 2 heterocycles. The molecule has 4 nitrogen and oxygen atoms in total. The summed E-state index contributed by atoms with van der Waals surface area (Å²) in [4.78, 5) is 2.45. The van der Waals surface area contributed by atoms with Crippen LogP contribution in [0.3, 0.4) is 0 Å². The molecule has 0 spiro atoms. The van der Waals surface area contributed by atoms with Crippen LogP contribution in [0, 0.1) is 0 Å². The highest BCUT2D eigenvalue weighted by atomic mass is 16.5. The molecule has 1 fully saturated rings. The second-order valence-corrected chi connectivity index (χ2v) is 4.30. The molecule has 0 amide bonds. The number of likely N-dealkylation sites (tertiary alicyclic amines) is 1. The highest BCUT2D eigenvalue weighted by Gasteiger charge is 2.19. The van der Waals surface area contributed by atoms with E-state index in [1.165, 1.54) is 25.8 Å². The molecule has 0 radical (unpaired) electrons. The van der Waals surface area contributed by atoms with Crippen LogP contribution in [0.15, 0.2) is 10.6 Å². The van der Waals surface area contributed by atoms with Crippen LogP contribution in [0.1, 0.15) is 37.6 Å². The highest BCUT2D eigenvalue weighted by Crippen LogP contribution is 2.19. The van der Waals surface area contributed by atoms with Gasteiger partial charge < -0.3 is 10.3 Å². The zero-order chi connectivity index (χ0) is 10.7. The molecule has 2 rings (SSSR count). The molecule has 15 heavy (non-hydrogen) atoms. The Labute approximate surface area is 90.4 Å². The van der Waals surface area contributed by atoms with E-state index >= 15 is 0 Å². The summed E-state index contributed by atoms with van der Waals surface area (Å²) in [7, 11) is 0. The first-order chi connectivity index (χ1) is 7.29. The van der Waals surface area contributed by atoms with Gasteiger partial charge in [0.05, 0.1) is 12.2 Å². The number of aromatic nitrogens is 1. The van der Waals surface area contributed by atoms with Crippen LogP contribution in [0.5, 0.6) is 0 Å². The number of hydrogen-bond donors (Lipinski definition) is 1. The van der Waals surface area contributed by atoms with Gasteiger partial charge in [0.1, 0.15) is 0 Å². The summed E-state index contributed by atoms with van der Waals surface area (Å²) >= 11 is 0. The first-order valence-electron chi connectivity index (χ1n) is 5.68. The number of nitrogens with zero attached hydrogens (tertiary/aromatic N) is 2. The molecule has 1 aromatic heterocycles. The SMILES string of the molecule is CC1CCCCN1Cc1cc(CN)no1. The van der Waals surface area contributed by atoms with E-state index in [1.807, 2.05) is 6.07 Å². The predicted molar refractivity (Wildman–Crippen MR) is 58.1 cm³/mol. The standard InChI is InChI=1S/C11H19N3O/c1-9-4-2-3-5-14(9)8-11-6-10(7-12)13-15-11/h6,9H,2-5,7-8,12H2,1H3. The second-order valence-electron chi connectivity index (χ2n) is 4.30. The summed E-state index contributed by atoms with van der Waals surface area (Å²) in [5.74, 6) is 0.934. The maximum atomic E-state index is 5.49. The minimum atomic E-state index is 0.457. The highest BCUT2D eigenvalue weighted by molar-refractivity contribution is 5.05. The van der Waals surface area contributed by atoms with E-state index in [4.69, 9.17) is 10.3 Å². The minimum absolute atomic E-state index is 0.457. The number of nitrogens with two attached hydrogens (primary N) is 1. The van der Waals surface area contributed by atoms with E-state index in [1.54, 1.807) is 0 Å². The molecule has 4 heteroatoms. The Kier molecular flexibility index (Phi) is 3.38. The fourth-order valence-corrected chi connectivity index (χ4v) is 2.12. The van der Waals surface area contributed by atoms with E-state index < -0.39 is 0 Å². The van der Waals surface area contributed by atoms with E-state index in [0.717, 1.165) is 18.0 Å². The van der Waals surface area contributed by atoms with Crippen molar-refractivity contribution >= 4 is 0 Å². The fourth-order valence-electron chi connectivity index (χ4n) is 2.12. The average molecular weight is 209 g/mol. The molecule has 84 valence electrons. The van der Waals surface area contributed by atoms with Gasteiger partial charge in [-0.25, -0.2) is 0 Å². The van der Waals surface area contributed by atoms with Crippen molar-refractivity contribution in [1.82, 2.24) is 10.1 Å². The summed E-state index contributed by atoms with van der Waals surface area (Å²) in [6.07, 6.45) is 3.93. The van der Waals surface area contributed by atoms with Crippen LogP contribution in [-0.2, 0) is 13.1 Å². The first kappa shape index (κ1) is 10.6. The third kappa shape index (κ3) is 2.58. The number of piperidine rings is 1. The molecule has 0 aromatic carbocycles. The zero-order valence-electron chi connectivity index (χ0n) is 9.28. The van der Waals surface area contributed by atoms with E-state index in [2.05, 4.69) is 17.0 Å². The van der Waals surface area contributed by atoms with Gasteiger partial charge in [-0.05, 0) is 26.3 Å². The van der Waals surface area contributed by atoms with Gasteiger partial charge in [-0.15, -0.1) is 0 Å². The van der Waals surface area contributed by atoms with Gasteiger partial charge in [0.2, 0.25) is 0 Å². The summed E-state index contributed by atoms with van der Waals surface area (Å²) in [6, 6.07) is 2.62. The molecule has 1 aliphatic rings. The summed E-state index contributed by atoms with van der Waals surface area (Å²) < 4.78 is 5.23. The minimum Gasteiger partial charge on any atom is -0.360 e. The third-order valence-corrected chi connectivity index (χ3v) is 3.12. The summed E-state index contributed by atoms with van der Waals surface area (Å²) in [6.45, 7) is 4.77. The van der Waals surface area contributed by atoms with Gasteiger partial charge >= 0.3 is 0 Å². The number of rotatable bonds is 3. The molecule has 1 unspecified atom stereocenters. The van der Waals surface area contributed by atoms with Gasteiger partial charge in [-0.1, -0.05) is 11.6 Å². The van der Waals surface area contributed by atoms with Crippen LogP contribution in [0.4, 0.5) is 0 Å². The maximum absolute atomic E-state index is 5.49. The summed E-state index contributed by atoms with van der Waals surface area (Å²) in [5.41, 5.74) is 6.33. The van der Waals surface area contributed by atoms with Gasteiger partial charge in [0, 0.05) is 18.7 Å². The predicted octanol–water partition coefficient (Wildman–Crippen LogP) is 1.51. The lowest BCUT2D eigenvalue weighted by Crippen LogP contribution is -2.36. The molecule has 0 saturated carbocycles. The topological polar surface area (TPSA) is 55.3 Å². The van der Waals surface area contributed by atoms with E-state index in [-0.39, 0.29) is 0 Å². The van der Waals surface area contributed by atoms with Crippen LogP contribution in [0.25, 0.3) is 0 Å². The molecular weight excluding hydrogens is 190 g/mol. The maximum Gasteiger partial charge on any atom is 0.151 e. The third-order valence-electron chi connectivity index (χ3n) is 3.12. The molecule has 1 aromatic rings. The van der Waals surface area contributed by atoms with Crippen LogP contribution in [-0.4, -0.2) is 22.6 Å². The Morgan fingerprint density at radius 1 is 1.60 bits per heavy atom. The van der Waals surface area contributed by atoms with Crippen molar-refractivity contribution in [2.75, 3.05) is 6.54 Å². The van der Waals surface area contributed by atoms with Crippen molar-refractivity contribution in [1.29, 1.82) is 0 Å². The molecular formula is C11H19N3O. The van der Waals surface area contributed by atoms with Crippen LogP contribution in [0.2, 0.25) is 0 Å². The first-order valence-corrected chi connectivity index (χ1v) is 5.68. The Balaban J connectivity index is 1.95. The van der Waals surface area contributed by atoms with Gasteiger partial charge in [-0.3, -0.25) is 4.90 Å². The monoisotopic (exact) mass is 209 g/mol. The normalized spacial score (nSPS) is 23.2. The van der Waals surface area contributed by atoms with Crippen LogP contribution >= 0.6 is 0 Å². The lowest BCUT2D eigenvalue weighted by molar-refractivity contribution is 0.137. The fraction of sp³-hybridized carbons (Fsp3) is 0.727. The molecule has 2 N–H and O–H groups in total. The smallest absolute Gasteiger partial charge is 0.151 e. The Morgan fingerprint density at radius 3 is 3.13 bits per heavy atom. The van der Waals surface area contributed by atoms with Crippen LogP contribution < -0.4 is 5.73 Å². The van der Waals surface area contributed by atoms with E-state index in [0.29, 0.717) is 12.6 Å². The van der Waals surface area contributed by atoms with Gasteiger partial charge in [0.25, 0.3) is 0 Å².